The van der Waals surface area contributed by atoms with Crippen LogP contribution in [0.1, 0.15) is 32.1 Å². The second-order valence-corrected chi connectivity index (χ2v) is 2.91. The first-order valence-corrected chi connectivity index (χ1v) is 3.94. The largest absolute Gasteiger partial charge is 0.427 e. The Morgan fingerprint density at radius 2 is 2.00 bits per heavy atom. The zero-order valence-electron chi connectivity index (χ0n) is 6.18. The van der Waals surface area contributed by atoms with Crippen LogP contribution < -0.4 is 0 Å². The molecule has 0 atom stereocenters. The first-order valence-electron chi connectivity index (χ1n) is 3.94. The monoisotopic (exact) mass is 139 g/mol. The predicted molar refractivity (Wildman–Crippen MR) is 38.1 cm³/mol. The van der Waals surface area contributed by atoms with Gasteiger partial charge in [-0.3, -0.25) is 0 Å². The molecule has 1 aliphatic carbocycles. The average Bonchev–Trinajstić information content (AvgIpc) is 2.03. The van der Waals surface area contributed by atoms with Gasteiger partial charge in [0.15, 0.2) is 0 Å². The standard InChI is InChI=1S/C8H13NO/c9-7-10-6-8-4-2-1-3-5-8/h8H,1-6H2. The van der Waals surface area contributed by atoms with E-state index in [0.717, 1.165) is 0 Å². The Morgan fingerprint density at radius 3 is 2.60 bits per heavy atom. The van der Waals surface area contributed by atoms with Crippen molar-refractivity contribution in [3.63, 3.8) is 0 Å². The van der Waals surface area contributed by atoms with Crippen LogP contribution in [0.25, 0.3) is 0 Å². The van der Waals surface area contributed by atoms with Gasteiger partial charge in [0.2, 0.25) is 0 Å². The molecular formula is C8H13NO. The van der Waals surface area contributed by atoms with Gasteiger partial charge in [-0.05, 0) is 18.8 Å². The Labute approximate surface area is 61.8 Å². The minimum Gasteiger partial charge on any atom is -0.427 e. The van der Waals surface area contributed by atoms with Crippen LogP contribution in [-0.2, 0) is 4.74 Å². The van der Waals surface area contributed by atoms with Crippen LogP contribution in [0.3, 0.4) is 0 Å². The molecule has 0 unspecified atom stereocenters. The van der Waals surface area contributed by atoms with Crippen LogP contribution in [-0.4, -0.2) is 6.61 Å². The Balaban J connectivity index is 2.09. The van der Waals surface area contributed by atoms with Crippen molar-refractivity contribution in [3.8, 4) is 6.26 Å². The molecule has 56 valence electrons. The summed E-state index contributed by atoms with van der Waals surface area (Å²) >= 11 is 0. The zero-order valence-corrected chi connectivity index (χ0v) is 6.18. The highest BCUT2D eigenvalue weighted by atomic mass is 16.5. The van der Waals surface area contributed by atoms with Gasteiger partial charge in [-0.25, -0.2) is 0 Å². The fourth-order valence-electron chi connectivity index (χ4n) is 1.51. The van der Waals surface area contributed by atoms with Gasteiger partial charge in [-0.1, -0.05) is 19.3 Å². The lowest BCUT2D eigenvalue weighted by molar-refractivity contribution is 0.179. The van der Waals surface area contributed by atoms with Gasteiger partial charge >= 0.3 is 0 Å². The van der Waals surface area contributed by atoms with Crippen LogP contribution in [0.4, 0.5) is 0 Å². The minimum absolute atomic E-state index is 0.649. The van der Waals surface area contributed by atoms with Gasteiger partial charge in [0.25, 0.3) is 6.26 Å². The summed E-state index contributed by atoms with van der Waals surface area (Å²) in [7, 11) is 0. The number of ether oxygens (including phenoxy) is 1. The van der Waals surface area contributed by atoms with Gasteiger partial charge in [0.1, 0.15) is 6.61 Å². The van der Waals surface area contributed by atoms with Crippen LogP contribution in [0.2, 0.25) is 0 Å². The molecule has 1 saturated carbocycles. The second-order valence-electron chi connectivity index (χ2n) is 2.91. The van der Waals surface area contributed by atoms with E-state index in [-0.39, 0.29) is 0 Å². The van der Waals surface area contributed by atoms with Crippen LogP contribution >= 0.6 is 0 Å². The first kappa shape index (κ1) is 7.40. The van der Waals surface area contributed by atoms with Crippen molar-refractivity contribution >= 4 is 0 Å². The van der Waals surface area contributed by atoms with Gasteiger partial charge in [-0.15, -0.1) is 0 Å². The zero-order chi connectivity index (χ0) is 7.23. The Bertz CT molecular complexity index is 122. The molecule has 1 fully saturated rings. The molecule has 0 radical (unpaired) electrons. The lowest BCUT2D eigenvalue weighted by atomic mass is 9.90. The lowest BCUT2D eigenvalue weighted by Gasteiger charge is -2.19. The van der Waals surface area contributed by atoms with Crippen molar-refractivity contribution in [1.29, 1.82) is 5.26 Å². The van der Waals surface area contributed by atoms with E-state index >= 15 is 0 Å². The second kappa shape index (κ2) is 4.16. The minimum atomic E-state index is 0.649. The van der Waals surface area contributed by atoms with Crippen molar-refractivity contribution in [2.24, 2.45) is 5.92 Å². The van der Waals surface area contributed by atoms with Crippen LogP contribution in [0, 0.1) is 17.4 Å². The summed E-state index contributed by atoms with van der Waals surface area (Å²) < 4.78 is 4.68. The van der Waals surface area contributed by atoms with Crippen molar-refractivity contribution in [3.05, 3.63) is 0 Å². The van der Waals surface area contributed by atoms with E-state index in [0.29, 0.717) is 12.5 Å². The molecule has 10 heavy (non-hydrogen) atoms. The third-order valence-corrected chi connectivity index (χ3v) is 2.11. The summed E-state index contributed by atoms with van der Waals surface area (Å²) in [5.74, 6) is 0.661. The molecule has 1 rings (SSSR count). The fourth-order valence-corrected chi connectivity index (χ4v) is 1.51. The van der Waals surface area contributed by atoms with Crippen molar-refractivity contribution < 1.29 is 4.74 Å². The maximum atomic E-state index is 8.12. The van der Waals surface area contributed by atoms with E-state index in [1.165, 1.54) is 32.1 Å². The molecule has 0 spiro atoms. The fraction of sp³-hybridized carbons (Fsp3) is 0.875. The molecule has 0 aromatic heterocycles. The normalized spacial score (nSPS) is 19.9. The summed E-state index contributed by atoms with van der Waals surface area (Å²) in [6, 6.07) is 0. The van der Waals surface area contributed by atoms with Gasteiger partial charge in [-0.2, -0.15) is 5.26 Å². The quantitative estimate of drug-likeness (QED) is 0.548. The molecule has 0 saturated heterocycles. The smallest absolute Gasteiger partial charge is 0.286 e. The summed E-state index contributed by atoms with van der Waals surface area (Å²) in [4.78, 5) is 0. The van der Waals surface area contributed by atoms with Crippen molar-refractivity contribution in [1.82, 2.24) is 0 Å². The molecule has 0 bridgehead atoms. The molecule has 0 aromatic carbocycles. The van der Waals surface area contributed by atoms with E-state index in [1.807, 2.05) is 0 Å². The Morgan fingerprint density at radius 1 is 1.30 bits per heavy atom. The van der Waals surface area contributed by atoms with Gasteiger partial charge in [0.05, 0.1) is 0 Å². The molecule has 0 heterocycles. The molecule has 2 nitrogen and oxygen atoms in total. The van der Waals surface area contributed by atoms with Crippen LogP contribution in [0.15, 0.2) is 0 Å². The van der Waals surface area contributed by atoms with E-state index < -0.39 is 0 Å². The molecule has 0 N–H and O–H groups in total. The maximum Gasteiger partial charge on any atom is 0.286 e. The molecular weight excluding hydrogens is 126 g/mol. The molecule has 0 amide bonds. The maximum absolute atomic E-state index is 8.12. The Hall–Kier alpha value is -0.710. The number of nitriles is 1. The third kappa shape index (κ3) is 2.26. The lowest BCUT2D eigenvalue weighted by Crippen LogP contribution is -2.11. The highest BCUT2D eigenvalue weighted by Crippen LogP contribution is 2.23. The average molecular weight is 139 g/mol. The summed E-state index contributed by atoms with van der Waals surface area (Å²) in [5, 5.41) is 8.12. The van der Waals surface area contributed by atoms with Crippen molar-refractivity contribution in [2.75, 3.05) is 6.61 Å². The predicted octanol–water partition coefficient (Wildman–Crippen LogP) is 2.06. The SMILES string of the molecule is N#COCC1CCCCC1. The van der Waals surface area contributed by atoms with Gasteiger partial charge in [0, 0.05) is 0 Å². The topological polar surface area (TPSA) is 33.0 Å². The molecule has 0 aromatic rings. The molecule has 2 heteroatoms. The number of hydrogen-bond donors (Lipinski definition) is 0. The van der Waals surface area contributed by atoms with Gasteiger partial charge < -0.3 is 4.74 Å². The third-order valence-electron chi connectivity index (χ3n) is 2.11. The van der Waals surface area contributed by atoms with E-state index in [1.54, 1.807) is 6.26 Å². The highest BCUT2D eigenvalue weighted by molar-refractivity contribution is 4.66. The highest BCUT2D eigenvalue weighted by Gasteiger charge is 2.13. The number of rotatable bonds is 2. The van der Waals surface area contributed by atoms with Crippen LogP contribution in [0.5, 0.6) is 0 Å². The summed E-state index contributed by atoms with van der Waals surface area (Å²) in [6.07, 6.45) is 8.22. The molecule has 0 aliphatic heterocycles. The Kier molecular flexibility index (Phi) is 3.08. The van der Waals surface area contributed by atoms with E-state index in [9.17, 15) is 0 Å². The van der Waals surface area contributed by atoms with E-state index in [2.05, 4.69) is 4.74 Å². The number of hydrogen-bond acceptors (Lipinski definition) is 2. The first-order chi connectivity index (χ1) is 4.93. The molecule has 1 aliphatic rings. The summed E-state index contributed by atoms with van der Waals surface area (Å²) in [6.45, 7) is 0.649. The number of nitrogens with zero attached hydrogens (tertiary/aromatic N) is 1. The van der Waals surface area contributed by atoms with Crippen molar-refractivity contribution in [2.45, 2.75) is 32.1 Å². The van der Waals surface area contributed by atoms with E-state index in [4.69, 9.17) is 5.26 Å². The summed E-state index contributed by atoms with van der Waals surface area (Å²) in [5.41, 5.74) is 0.